The van der Waals surface area contributed by atoms with Crippen LogP contribution in [0.25, 0.3) is 58.9 Å². The summed E-state index contributed by atoms with van der Waals surface area (Å²) in [6.07, 6.45) is 7.35. The molecular formula is C31H23N3S. The molecule has 0 radical (unpaired) electrons. The van der Waals surface area contributed by atoms with Crippen LogP contribution in [0.4, 0.5) is 0 Å². The first-order valence-corrected chi connectivity index (χ1v) is 12.4. The molecular weight excluding hydrogens is 446 g/mol. The summed E-state index contributed by atoms with van der Waals surface area (Å²) < 4.78 is 4.95. The third-order valence-corrected chi connectivity index (χ3v) is 7.25. The summed E-state index contributed by atoms with van der Waals surface area (Å²) in [7, 11) is 0. The Labute approximate surface area is 207 Å². The highest BCUT2D eigenvalue weighted by molar-refractivity contribution is 7.25. The fraction of sp³-hybridized carbons (Fsp3) is 0.0323. The number of hydrogen-bond acceptors (Lipinski definition) is 3. The van der Waals surface area contributed by atoms with Gasteiger partial charge in [-0.3, -0.25) is 9.97 Å². The quantitative estimate of drug-likeness (QED) is 0.237. The van der Waals surface area contributed by atoms with E-state index in [1.165, 1.54) is 31.1 Å². The monoisotopic (exact) mass is 469 g/mol. The van der Waals surface area contributed by atoms with Crippen LogP contribution in [0.2, 0.25) is 0 Å². The topological polar surface area (TPSA) is 30.7 Å². The first kappa shape index (κ1) is 21.3. The van der Waals surface area contributed by atoms with Crippen molar-refractivity contribution in [3.63, 3.8) is 0 Å². The van der Waals surface area contributed by atoms with Gasteiger partial charge in [-0.05, 0) is 61.0 Å². The molecule has 4 aromatic heterocycles. The molecule has 0 N–H and O–H groups in total. The molecule has 4 heterocycles. The van der Waals surface area contributed by atoms with E-state index in [1.807, 2.05) is 49.0 Å². The van der Waals surface area contributed by atoms with Crippen LogP contribution in [-0.2, 0) is 0 Å². The van der Waals surface area contributed by atoms with E-state index in [1.54, 1.807) is 6.08 Å². The van der Waals surface area contributed by atoms with Crippen LogP contribution < -0.4 is 0 Å². The number of thiophene rings is 1. The van der Waals surface area contributed by atoms with Gasteiger partial charge in [0.25, 0.3) is 0 Å². The number of hydrogen-bond donors (Lipinski definition) is 0. The number of pyridine rings is 2. The number of allylic oxidation sites excluding steroid dienone is 1. The average Bonchev–Trinajstić information content (AvgIpc) is 3.43. The molecule has 4 heteroatoms. The third-order valence-electron chi connectivity index (χ3n) is 6.12. The minimum absolute atomic E-state index is 1.03. The van der Waals surface area contributed by atoms with Crippen molar-refractivity contribution in [1.29, 1.82) is 0 Å². The standard InChI is InChI=1S/C28H17N3S.C3H6/c1-2-11-26-21(9-1)22-15-23-25(16-27(22)32-26)31(24-10-5-13-30-28(23)24)20-8-3-6-18(14-20)19-7-4-12-29-17-19;1-3-2/h1-17H;3H,1H2,2H3. The van der Waals surface area contributed by atoms with E-state index in [9.17, 15) is 0 Å². The van der Waals surface area contributed by atoms with Crippen LogP contribution in [0.5, 0.6) is 0 Å². The Morgan fingerprint density at radius 1 is 0.743 bits per heavy atom. The Kier molecular flexibility index (Phi) is 5.36. The van der Waals surface area contributed by atoms with E-state index in [0.717, 1.165) is 27.8 Å². The molecule has 0 aliphatic heterocycles. The highest BCUT2D eigenvalue weighted by atomic mass is 32.1. The zero-order chi connectivity index (χ0) is 23.8. The Balaban J connectivity index is 0.000000727. The van der Waals surface area contributed by atoms with Crippen molar-refractivity contribution in [2.24, 2.45) is 0 Å². The van der Waals surface area contributed by atoms with Crippen molar-refractivity contribution in [3.05, 3.63) is 116 Å². The molecule has 0 saturated carbocycles. The first-order valence-electron chi connectivity index (χ1n) is 11.6. The normalized spacial score (nSPS) is 11.1. The summed E-state index contributed by atoms with van der Waals surface area (Å²) in [5, 5.41) is 3.79. The predicted octanol–water partition coefficient (Wildman–Crippen LogP) is 8.80. The zero-order valence-corrected chi connectivity index (χ0v) is 20.2. The van der Waals surface area contributed by atoms with Crippen molar-refractivity contribution in [1.82, 2.24) is 14.5 Å². The molecule has 7 aromatic rings. The lowest BCUT2D eigenvalue weighted by Gasteiger charge is -2.10. The van der Waals surface area contributed by atoms with Gasteiger partial charge in [0.1, 0.15) is 0 Å². The van der Waals surface area contributed by atoms with Gasteiger partial charge in [0, 0.05) is 55.4 Å². The molecule has 35 heavy (non-hydrogen) atoms. The summed E-state index contributed by atoms with van der Waals surface area (Å²) in [6.45, 7) is 5.25. The minimum Gasteiger partial charge on any atom is -0.308 e. The molecule has 3 aromatic carbocycles. The number of fused-ring (bicyclic) bond motifs is 6. The Bertz CT molecular complexity index is 1830. The lowest BCUT2D eigenvalue weighted by Crippen LogP contribution is -1.94. The molecule has 0 unspecified atom stereocenters. The van der Waals surface area contributed by atoms with Gasteiger partial charge in [-0.1, -0.05) is 42.5 Å². The van der Waals surface area contributed by atoms with E-state index >= 15 is 0 Å². The minimum atomic E-state index is 1.03. The molecule has 0 atom stereocenters. The predicted molar refractivity (Wildman–Crippen MR) is 151 cm³/mol. The molecule has 0 aliphatic carbocycles. The fourth-order valence-corrected chi connectivity index (χ4v) is 5.81. The number of aromatic nitrogens is 3. The second kappa shape index (κ2) is 8.82. The van der Waals surface area contributed by atoms with Crippen LogP contribution in [-0.4, -0.2) is 14.5 Å². The van der Waals surface area contributed by atoms with Gasteiger partial charge in [0.15, 0.2) is 0 Å². The van der Waals surface area contributed by atoms with Crippen molar-refractivity contribution in [2.75, 3.05) is 0 Å². The van der Waals surface area contributed by atoms with Gasteiger partial charge < -0.3 is 4.57 Å². The Hall–Kier alpha value is -4.28. The molecule has 0 saturated heterocycles. The molecule has 0 amide bonds. The maximum absolute atomic E-state index is 4.78. The molecule has 168 valence electrons. The van der Waals surface area contributed by atoms with Crippen molar-refractivity contribution in [3.8, 4) is 16.8 Å². The smallest absolute Gasteiger partial charge is 0.0963 e. The molecule has 3 nitrogen and oxygen atoms in total. The average molecular weight is 470 g/mol. The van der Waals surface area contributed by atoms with Gasteiger partial charge in [0.05, 0.1) is 16.6 Å². The summed E-state index contributed by atoms with van der Waals surface area (Å²) in [5.41, 5.74) is 6.72. The van der Waals surface area contributed by atoms with Gasteiger partial charge in [0.2, 0.25) is 0 Å². The number of benzene rings is 3. The van der Waals surface area contributed by atoms with Crippen LogP contribution in [0.15, 0.2) is 116 Å². The van der Waals surface area contributed by atoms with E-state index in [-0.39, 0.29) is 0 Å². The summed E-state index contributed by atoms with van der Waals surface area (Å²) >= 11 is 1.85. The Morgan fingerprint density at radius 3 is 2.43 bits per heavy atom. The maximum Gasteiger partial charge on any atom is 0.0963 e. The largest absolute Gasteiger partial charge is 0.308 e. The van der Waals surface area contributed by atoms with Crippen LogP contribution in [0.1, 0.15) is 6.92 Å². The van der Waals surface area contributed by atoms with Crippen LogP contribution in [0.3, 0.4) is 0 Å². The van der Waals surface area contributed by atoms with Crippen molar-refractivity contribution < 1.29 is 0 Å². The van der Waals surface area contributed by atoms with Gasteiger partial charge >= 0.3 is 0 Å². The van der Waals surface area contributed by atoms with Crippen molar-refractivity contribution in [2.45, 2.75) is 6.92 Å². The van der Waals surface area contributed by atoms with E-state index in [0.29, 0.717) is 0 Å². The second-order valence-corrected chi connectivity index (χ2v) is 9.45. The lowest BCUT2D eigenvalue weighted by molar-refractivity contribution is 1.18. The fourth-order valence-electron chi connectivity index (χ4n) is 4.69. The lowest BCUT2D eigenvalue weighted by atomic mass is 10.1. The summed E-state index contributed by atoms with van der Waals surface area (Å²) in [5.74, 6) is 0. The third kappa shape index (κ3) is 3.59. The van der Waals surface area contributed by atoms with Gasteiger partial charge in [-0.2, -0.15) is 0 Å². The van der Waals surface area contributed by atoms with E-state index in [4.69, 9.17) is 4.98 Å². The van der Waals surface area contributed by atoms with Crippen LogP contribution in [0, 0.1) is 0 Å². The highest BCUT2D eigenvalue weighted by Gasteiger charge is 2.16. The highest BCUT2D eigenvalue weighted by Crippen LogP contribution is 2.40. The van der Waals surface area contributed by atoms with Crippen LogP contribution >= 0.6 is 11.3 Å². The first-order chi connectivity index (χ1) is 17.3. The second-order valence-electron chi connectivity index (χ2n) is 8.37. The zero-order valence-electron chi connectivity index (χ0n) is 19.3. The molecule has 0 spiro atoms. The van der Waals surface area contributed by atoms with Gasteiger partial charge in [-0.25, -0.2) is 0 Å². The molecule has 7 rings (SSSR count). The molecule has 0 aliphatic rings. The SMILES string of the molecule is C=CC.c1cncc(-c2cccc(-n3c4cc5sc6ccccc6c5cc4c4ncccc43)c2)c1. The molecule has 0 fully saturated rings. The van der Waals surface area contributed by atoms with Gasteiger partial charge in [-0.15, -0.1) is 17.9 Å². The van der Waals surface area contributed by atoms with Crippen molar-refractivity contribution >= 4 is 53.4 Å². The number of nitrogens with zero attached hydrogens (tertiary/aromatic N) is 3. The maximum atomic E-state index is 4.78. The summed E-state index contributed by atoms with van der Waals surface area (Å²) in [6, 6.07) is 30.2. The molecule has 0 bridgehead atoms. The van der Waals surface area contributed by atoms with E-state index in [2.05, 4.69) is 88.9 Å². The number of rotatable bonds is 2. The van der Waals surface area contributed by atoms with E-state index < -0.39 is 0 Å². The Morgan fingerprint density at radius 2 is 1.57 bits per heavy atom. The summed E-state index contributed by atoms with van der Waals surface area (Å²) in [4.78, 5) is 9.07.